The summed E-state index contributed by atoms with van der Waals surface area (Å²) in [6, 6.07) is 0. The lowest BCUT2D eigenvalue weighted by atomic mass is 9.63. The molecule has 4 rings (SSSR count). The molecule has 142 valence electrons. The molecular weight excluding hydrogens is 324 g/mol. The minimum absolute atomic E-state index is 0.132. The SMILES string of the molecule is C[C@@]1(C2CC3CCC[C@@](O)(C3)C2)OO[C@]2(CC[C@@H](CC(=O)O)CC2)O1. The Kier molecular flexibility index (Phi) is 4.38. The van der Waals surface area contributed by atoms with Crippen molar-refractivity contribution in [1.29, 1.82) is 0 Å². The molecule has 1 heterocycles. The van der Waals surface area contributed by atoms with Crippen LogP contribution in [-0.4, -0.2) is 33.4 Å². The summed E-state index contributed by atoms with van der Waals surface area (Å²) in [6.45, 7) is 1.94. The minimum Gasteiger partial charge on any atom is -0.481 e. The zero-order valence-corrected chi connectivity index (χ0v) is 15.0. The number of aliphatic hydroxyl groups is 1. The second kappa shape index (κ2) is 6.19. The van der Waals surface area contributed by atoms with Crippen LogP contribution in [0.3, 0.4) is 0 Å². The number of carboxylic acids is 1. The second-order valence-electron chi connectivity index (χ2n) is 9.06. The van der Waals surface area contributed by atoms with Crippen molar-refractivity contribution in [1.82, 2.24) is 0 Å². The van der Waals surface area contributed by atoms with E-state index in [0.717, 1.165) is 38.5 Å². The Balaban J connectivity index is 1.40. The Morgan fingerprint density at radius 2 is 1.88 bits per heavy atom. The van der Waals surface area contributed by atoms with Crippen LogP contribution in [-0.2, 0) is 19.3 Å². The fourth-order valence-electron chi connectivity index (χ4n) is 5.66. The number of rotatable bonds is 3. The van der Waals surface area contributed by atoms with E-state index in [4.69, 9.17) is 19.6 Å². The van der Waals surface area contributed by atoms with E-state index in [0.29, 0.717) is 25.2 Å². The first-order chi connectivity index (χ1) is 11.8. The molecule has 1 aliphatic heterocycles. The van der Waals surface area contributed by atoms with Crippen LogP contribution in [0.15, 0.2) is 0 Å². The molecule has 4 atom stereocenters. The maximum Gasteiger partial charge on any atom is 0.303 e. The monoisotopic (exact) mass is 354 g/mol. The molecule has 4 fully saturated rings. The Morgan fingerprint density at radius 3 is 2.56 bits per heavy atom. The van der Waals surface area contributed by atoms with Crippen LogP contribution in [0.2, 0.25) is 0 Å². The Hall–Kier alpha value is -0.690. The number of carbonyl (C=O) groups is 1. The van der Waals surface area contributed by atoms with Gasteiger partial charge < -0.3 is 14.9 Å². The van der Waals surface area contributed by atoms with Crippen molar-refractivity contribution in [3.05, 3.63) is 0 Å². The Labute approximate surface area is 148 Å². The van der Waals surface area contributed by atoms with Gasteiger partial charge in [0.25, 0.3) is 0 Å². The van der Waals surface area contributed by atoms with Crippen LogP contribution in [0.25, 0.3) is 0 Å². The number of fused-ring (bicyclic) bond motifs is 2. The van der Waals surface area contributed by atoms with Gasteiger partial charge in [-0.3, -0.25) is 4.79 Å². The second-order valence-corrected chi connectivity index (χ2v) is 9.06. The third-order valence-electron chi connectivity index (χ3n) is 6.99. The van der Waals surface area contributed by atoms with Crippen molar-refractivity contribution in [2.24, 2.45) is 17.8 Å². The van der Waals surface area contributed by atoms with Gasteiger partial charge in [-0.1, -0.05) is 12.8 Å². The van der Waals surface area contributed by atoms with Gasteiger partial charge in [-0.2, -0.15) is 9.78 Å². The number of aliphatic carboxylic acids is 1. The smallest absolute Gasteiger partial charge is 0.303 e. The van der Waals surface area contributed by atoms with Gasteiger partial charge >= 0.3 is 5.97 Å². The molecule has 4 aliphatic rings. The highest BCUT2D eigenvalue weighted by molar-refractivity contribution is 5.67. The maximum atomic E-state index is 10.9. The Morgan fingerprint density at radius 1 is 1.12 bits per heavy atom. The first-order valence-corrected chi connectivity index (χ1v) is 9.81. The number of ether oxygens (including phenoxy) is 1. The van der Waals surface area contributed by atoms with Crippen LogP contribution in [0.4, 0.5) is 0 Å². The first-order valence-electron chi connectivity index (χ1n) is 9.81. The molecule has 2 N–H and O–H groups in total. The zero-order valence-electron chi connectivity index (χ0n) is 15.0. The van der Waals surface area contributed by atoms with Crippen molar-refractivity contribution in [3.8, 4) is 0 Å². The van der Waals surface area contributed by atoms with Crippen molar-refractivity contribution in [3.63, 3.8) is 0 Å². The average Bonchev–Trinajstić information content (AvgIpc) is 2.87. The molecule has 6 heteroatoms. The van der Waals surface area contributed by atoms with E-state index in [1.54, 1.807) is 0 Å². The van der Waals surface area contributed by atoms with E-state index in [1.165, 1.54) is 6.42 Å². The van der Waals surface area contributed by atoms with Gasteiger partial charge in [0.1, 0.15) is 0 Å². The molecule has 3 saturated carbocycles. The highest BCUT2D eigenvalue weighted by atomic mass is 17.3. The lowest BCUT2D eigenvalue weighted by molar-refractivity contribution is -0.363. The summed E-state index contributed by atoms with van der Waals surface area (Å²) in [6.07, 6.45) is 8.90. The molecule has 6 nitrogen and oxygen atoms in total. The molecule has 0 aromatic carbocycles. The molecule has 3 aliphatic carbocycles. The summed E-state index contributed by atoms with van der Waals surface area (Å²) >= 11 is 0. The average molecular weight is 354 g/mol. The Bertz CT molecular complexity index is 528. The maximum absolute atomic E-state index is 10.9. The number of hydrogen-bond donors (Lipinski definition) is 2. The largest absolute Gasteiger partial charge is 0.481 e. The highest BCUT2D eigenvalue weighted by Gasteiger charge is 2.58. The van der Waals surface area contributed by atoms with Crippen molar-refractivity contribution >= 4 is 5.97 Å². The van der Waals surface area contributed by atoms with Gasteiger partial charge in [0.05, 0.1) is 5.60 Å². The van der Waals surface area contributed by atoms with Crippen molar-refractivity contribution < 1.29 is 29.5 Å². The summed E-state index contributed by atoms with van der Waals surface area (Å²) in [5, 5.41) is 19.8. The van der Waals surface area contributed by atoms with E-state index in [2.05, 4.69) is 0 Å². The van der Waals surface area contributed by atoms with E-state index in [1.807, 2.05) is 6.92 Å². The quantitative estimate of drug-likeness (QED) is 0.756. The molecule has 1 saturated heterocycles. The summed E-state index contributed by atoms with van der Waals surface area (Å²) in [5.41, 5.74) is -0.573. The third-order valence-corrected chi connectivity index (χ3v) is 6.99. The van der Waals surface area contributed by atoms with Crippen LogP contribution in [0.5, 0.6) is 0 Å². The van der Waals surface area contributed by atoms with Crippen molar-refractivity contribution in [2.45, 2.75) is 94.7 Å². The fourth-order valence-corrected chi connectivity index (χ4v) is 5.66. The van der Waals surface area contributed by atoms with Gasteiger partial charge in [-0.25, -0.2) is 0 Å². The van der Waals surface area contributed by atoms with Gasteiger partial charge in [0.15, 0.2) is 0 Å². The summed E-state index contributed by atoms with van der Waals surface area (Å²) < 4.78 is 6.38. The van der Waals surface area contributed by atoms with E-state index in [-0.39, 0.29) is 18.3 Å². The van der Waals surface area contributed by atoms with E-state index >= 15 is 0 Å². The molecular formula is C19H30O6. The predicted molar refractivity (Wildman–Crippen MR) is 88.2 cm³/mol. The van der Waals surface area contributed by atoms with Crippen LogP contribution >= 0.6 is 0 Å². The van der Waals surface area contributed by atoms with E-state index in [9.17, 15) is 9.90 Å². The normalized spacial score (nSPS) is 50.1. The third kappa shape index (κ3) is 3.46. The van der Waals surface area contributed by atoms with Crippen molar-refractivity contribution in [2.75, 3.05) is 0 Å². The molecule has 2 bridgehead atoms. The fraction of sp³-hybridized carbons (Fsp3) is 0.947. The molecule has 1 spiro atoms. The van der Waals surface area contributed by atoms with Gasteiger partial charge in [0.2, 0.25) is 11.6 Å². The van der Waals surface area contributed by atoms with E-state index < -0.39 is 23.1 Å². The number of carboxylic acid groups (broad SMARTS) is 1. The summed E-state index contributed by atoms with van der Waals surface area (Å²) in [5.74, 6) is -1.42. The van der Waals surface area contributed by atoms with Gasteiger partial charge in [-0.05, 0) is 57.3 Å². The summed E-state index contributed by atoms with van der Waals surface area (Å²) in [7, 11) is 0. The van der Waals surface area contributed by atoms with Crippen LogP contribution in [0, 0.1) is 17.8 Å². The molecule has 0 radical (unpaired) electrons. The molecule has 2 unspecified atom stereocenters. The highest BCUT2D eigenvalue weighted by Crippen LogP contribution is 2.54. The lowest BCUT2D eigenvalue weighted by Gasteiger charge is -2.48. The molecule has 25 heavy (non-hydrogen) atoms. The van der Waals surface area contributed by atoms with Gasteiger partial charge in [0, 0.05) is 25.2 Å². The topological polar surface area (TPSA) is 85.2 Å². The lowest BCUT2D eigenvalue weighted by Crippen LogP contribution is -2.50. The summed E-state index contributed by atoms with van der Waals surface area (Å²) in [4.78, 5) is 22.4. The minimum atomic E-state index is -0.816. The van der Waals surface area contributed by atoms with Crippen LogP contribution < -0.4 is 0 Å². The number of hydrogen-bond acceptors (Lipinski definition) is 5. The molecule has 0 aromatic heterocycles. The molecule has 0 amide bonds. The zero-order chi connectivity index (χ0) is 17.7. The predicted octanol–water partition coefficient (Wildman–Crippen LogP) is 3.37. The van der Waals surface area contributed by atoms with Crippen LogP contribution in [0.1, 0.15) is 77.6 Å². The first kappa shape index (κ1) is 17.7. The molecule has 0 aromatic rings. The van der Waals surface area contributed by atoms with Gasteiger partial charge in [-0.15, -0.1) is 0 Å². The standard InChI is InChI=1S/C19H30O6/c1-17(15-9-14-3-2-6-18(22,11-14)12-15)23-19(25-24-17)7-4-13(5-8-19)10-16(20)21/h13-15,22H,2-12H2,1H3,(H,20,21)/t13-,14?,15?,17-,18+,19+/m0/s1.